The van der Waals surface area contributed by atoms with Crippen LogP contribution in [0.15, 0.2) is 62.9 Å². The number of nitrogens with zero attached hydrogens (tertiary/aromatic N) is 3. The first-order valence-electron chi connectivity index (χ1n) is 13.4. The molecule has 1 unspecified atom stereocenters. The Bertz CT molecular complexity index is 1680. The molecule has 1 saturated heterocycles. The predicted molar refractivity (Wildman–Crippen MR) is 150 cm³/mol. The molecule has 0 amide bonds. The minimum absolute atomic E-state index is 0.0167. The van der Waals surface area contributed by atoms with Gasteiger partial charge in [0.1, 0.15) is 23.7 Å². The number of carboxylic acids is 1. The van der Waals surface area contributed by atoms with E-state index in [1.807, 2.05) is 24.3 Å². The molecule has 0 radical (unpaired) electrons. The van der Waals surface area contributed by atoms with Gasteiger partial charge in [0, 0.05) is 24.3 Å². The number of methoxy groups -OCH3 is 1. The molecule has 3 heterocycles. The second kappa shape index (κ2) is 11.3. The van der Waals surface area contributed by atoms with Gasteiger partial charge in [0.05, 0.1) is 36.9 Å². The quantitative estimate of drug-likeness (QED) is 0.322. The molecule has 2 aromatic heterocycles. The molecule has 11 nitrogen and oxygen atoms in total. The van der Waals surface area contributed by atoms with Crippen molar-refractivity contribution in [3.05, 3.63) is 80.8 Å². The third-order valence-corrected chi connectivity index (χ3v) is 7.59. The van der Waals surface area contributed by atoms with Crippen LogP contribution >= 0.6 is 0 Å². The number of aromatic nitrogens is 3. The fourth-order valence-corrected chi connectivity index (χ4v) is 5.23. The number of benzene rings is 2. The molecular weight excluding hydrogens is 530 g/mol. The van der Waals surface area contributed by atoms with E-state index in [1.165, 1.54) is 30.9 Å². The summed E-state index contributed by atoms with van der Waals surface area (Å²) in [6, 6.07) is 10.7. The van der Waals surface area contributed by atoms with Crippen LogP contribution in [-0.2, 0) is 26.4 Å². The second-order valence-corrected chi connectivity index (χ2v) is 10.6. The van der Waals surface area contributed by atoms with Crippen molar-refractivity contribution in [2.24, 2.45) is 0 Å². The Balaban J connectivity index is 1.77. The average Bonchev–Trinajstić information content (AvgIpc) is 3.50. The van der Waals surface area contributed by atoms with Crippen molar-refractivity contribution in [1.82, 2.24) is 14.1 Å². The average molecular weight is 564 g/mol. The molecule has 0 saturated carbocycles. The molecule has 1 atom stereocenters. The molecule has 11 heteroatoms. The number of ether oxygens (including phenoxy) is 3. The van der Waals surface area contributed by atoms with Gasteiger partial charge in [-0.1, -0.05) is 18.2 Å². The van der Waals surface area contributed by atoms with Crippen LogP contribution in [0.4, 0.5) is 0 Å². The van der Waals surface area contributed by atoms with Crippen molar-refractivity contribution in [3.63, 3.8) is 0 Å². The number of fused-ring (bicyclic) bond motifs is 1. The monoisotopic (exact) mass is 563 g/mol. The number of hydrogen-bond donors (Lipinski definition) is 1. The third-order valence-electron chi connectivity index (χ3n) is 7.59. The van der Waals surface area contributed by atoms with Crippen LogP contribution in [0.5, 0.6) is 5.75 Å². The summed E-state index contributed by atoms with van der Waals surface area (Å²) in [7, 11) is 1.56. The Morgan fingerprint density at radius 1 is 1.20 bits per heavy atom. The van der Waals surface area contributed by atoms with Crippen molar-refractivity contribution < 1.29 is 28.5 Å². The second-order valence-electron chi connectivity index (χ2n) is 10.6. The van der Waals surface area contributed by atoms with E-state index < -0.39 is 28.9 Å². The molecule has 4 aromatic rings. The molecule has 1 fully saturated rings. The topological polar surface area (TPSA) is 135 Å². The highest BCUT2D eigenvalue weighted by Gasteiger charge is 2.35. The maximum absolute atomic E-state index is 14.2. The number of para-hydroxylation sites is 1. The van der Waals surface area contributed by atoms with E-state index in [4.69, 9.17) is 18.6 Å². The normalized spacial score (nSPS) is 15.2. The number of carboxylic acid groups (broad SMARTS) is 1. The standard InChI is InChI=1S/C30H33N3O8/c1-18-15-22-23(16-21(18)26-31-11-14-40-26)32(29(37)33(27(22)34)30(2,3)28(35)36)17-25(41-19-9-12-39-13-10-19)20-7-5-6-8-24(20)38-4/h5-8,11,14-16,19,25H,9-10,12-13,17H2,1-4H3,(H,35,36). The number of rotatable bonds is 9. The van der Waals surface area contributed by atoms with Crippen LogP contribution in [0.3, 0.4) is 0 Å². The van der Waals surface area contributed by atoms with Gasteiger partial charge in [-0.25, -0.2) is 19.1 Å². The highest BCUT2D eigenvalue weighted by atomic mass is 16.5. The van der Waals surface area contributed by atoms with E-state index in [-0.39, 0.29) is 18.0 Å². The van der Waals surface area contributed by atoms with Crippen LogP contribution in [0.1, 0.15) is 43.9 Å². The van der Waals surface area contributed by atoms with Gasteiger partial charge < -0.3 is 23.7 Å². The van der Waals surface area contributed by atoms with E-state index >= 15 is 0 Å². The summed E-state index contributed by atoms with van der Waals surface area (Å²) in [5.74, 6) is -0.397. The van der Waals surface area contributed by atoms with Gasteiger partial charge in [0.25, 0.3) is 5.56 Å². The third kappa shape index (κ3) is 5.30. The summed E-state index contributed by atoms with van der Waals surface area (Å²) in [4.78, 5) is 44.4. The van der Waals surface area contributed by atoms with Crippen LogP contribution in [0, 0.1) is 6.92 Å². The van der Waals surface area contributed by atoms with E-state index in [0.29, 0.717) is 54.3 Å². The first kappa shape index (κ1) is 28.3. The Morgan fingerprint density at radius 3 is 2.59 bits per heavy atom. The van der Waals surface area contributed by atoms with E-state index in [1.54, 1.807) is 26.2 Å². The zero-order chi connectivity index (χ0) is 29.3. The molecule has 1 aliphatic heterocycles. The fourth-order valence-electron chi connectivity index (χ4n) is 5.23. The van der Waals surface area contributed by atoms with E-state index in [2.05, 4.69) is 4.98 Å². The summed E-state index contributed by atoms with van der Waals surface area (Å²) in [5, 5.41) is 10.2. The molecule has 1 aliphatic rings. The Kier molecular flexibility index (Phi) is 7.83. The lowest BCUT2D eigenvalue weighted by molar-refractivity contribution is -0.146. The van der Waals surface area contributed by atoms with Gasteiger partial charge >= 0.3 is 11.7 Å². The fraction of sp³-hybridized carbons (Fsp3) is 0.400. The van der Waals surface area contributed by atoms with Crippen molar-refractivity contribution in [3.8, 4) is 17.2 Å². The van der Waals surface area contributed by atoms with Crippen LogP contribution in [0.25, 0.3) is 22.4 Å². The molecule has 0 spiro atoms. The van der Waals surface area contributed by atoms with Crippen molar-refractivity contribution in [2.45, 2.75) is 57.9 Å². The van der Waals surface area contributed by atoms with E-state index in [0.717, 1.165) is 10.1 Å². The lowest BCUT2D eigenvalue weighted by Crippen LogP contribution is -2.53. The molecule has 0 bridgehead atoms. The first-order chi connectivity index (χ1) is 19.6. The molecule has 2 aromatic carbocycles. The molecular formula is C30H33N3O8. The molecule has 5 rings (SSSR count). The van der Waals surface area contributed by atoms with Crippen LogP contribution in [-0.4, -0.2) is 51.6 Å². The highest BCUT2D eigenvalue weighted by Crippen LogP contribution is 2.33. The number of hydrogen-bond acceptors (Lipinski definition) is 8. The van der Waals surface area contributed by atoms with Crippen molar-refractivity contribution >= 4 is 16.9 Å². The highest BCUT2D eigenvalue weighted by molar-refractivity contribution is 5.85. The van der Waals surface area contributed by atoms with Gasteiger partial charge in [-0.05, 0) is 57.4 Å². The first-order valence-corrected chi connectivity index (χ1v) is 13.4. The van der Waals surface area contributed by atoms with Crippen LogP contribution in [0.2, 0.25) is 0 Å². The number of oxazole rings is 1. The summed E-state index contributed by atoms with van der Waals surface area (Å²) in [5.41, 5.74) is -0.974. The van der Waals surface area contributed by atoms with Gasteiger partial charge in [-0.3, -0.25) is 9.36 Å². The molecule has 216 valence electrons. The summed E-state index contributed by atoms with van der Waals surface area (Å²) < 4.78 is 25.5. The molecule has 1 N–H and O–H groups in total. The van der Waals surface area contributed by atoms with Gasteiger partial charge in [-0.15, -0.1) is 0 Å². The van der Waals surface area contributed by atoms with Crippen molar-refractivity contribution in [1.29, 1.82) is 0 Å². The smallest absolute Gasteiger partial charge is 0.332 e. The molecule has 41 heavy (non-hydrogen) atoms. The zero-order valence-electron chi connectivity index (χ0n) is 23.5. The van der Waals surface area contributed by atoms with Crippen LogP contribution < -0.4 is 16.0 Å². The lowest BCUT2D eigenvalue weighted by Gasteiger charge is -2.30. The Morgan fingerprint density at radius 2 is 1.93 bits per heavy atom. The lowest BCUT2D eigenvalue weighted by atomic mass is 10.0. The SMILES string of the molecule is COc1ccccc1C(Cn1c(=O)n(C(C)(C)C(=O)O)c(=O)c2cc(C)c(-c3ncco3)cc21)OC1CCOCC1. The largest absolute Gasteiger partial charge is 0.496 e. The maximum Gasteiger partial charge on any atom is 0.332 e. The van der Waals surface area contributed by atoms with Gasteiger partial charge in [-0.2, -0.15) is 0 Å². The number of aryl methyl sites for hydroxylation is 1. The Labute approximate surface area is 235 Å². The van der Waals surface area contributed by atoms with Crippen molar-refractivity contribution in [2.75, 3.05) is 20.3 Å². The minimum Gasteiger partial charge on any atom is -0.496 e. The zero-order valence-corrected chi connectivity index (χ0v) is 23.5. The summed E-state index contributed by atoms with van der Waals surface area (Å²) in [6.07, 6.45) is 3.52. The van der Waals surface area contributed by atoms with Gasteiger partial charge in [0.15, 0.2) is 0 Å². The number of carbonyl (C=O) groups is 1. The maximum atomic E-state index is 14.2. The molecule has 0 aliphatic carbocycles. The predicted octanol–water partition coefficient (Wildman–Crippen LogP) is 3.89. The van der Waals surface area contributed by atoms with Gasteiger partial charge in [0.2, 0.25) is 5.89 Å². The summed E-state index contributed by atoms with van der Waals surface area (Å²) in [6.45, 7) is 5.56. The number of aliphatic carboxylic acids is 1. The Hall–Kier alpha value is -4.22. The van der Waals surface area contributed by atoms with E-state index in [9.17, 15) is 19.5 Å². The summed E-state index contributed by atoms with van der Waals surface area (Å²) >= 11 is 0. The minimum atomic E-state index is -1.82.